The standard InChI is InChI=1S/C21H26N2O/c1-15-9-10-21-20(11-15)16(2)17(3)23(21)14-19(24)13-22-12-18-7-5-4-6-8-18/h4-11,19,22,24H,12-14H2,1-3H3. The lowest BCUT2D eigenvalue weighted by molar-refractivity contribution is 0.152. The van der Waals surface area contributed by atoms with Gasteiger partial charge in [-0.15, -0.1) is 0 Å². The minimum Gasteiger partial charge on any atom is -0.390 e. The van der Waals surface area contributed by atoms with E-state index in [9.17, 15) is 5.11 Å². The van der Waals surface area contributed by atoms with Gasteiger partial charge in [-0.2, -0.15) is 0 Å². The van der Waals surface area contributed by atoms with Crippen molar-refractivity contribution in [2.45, 2.75) is 40.0 Å². The molecule has 0 radical (unpaired) electrons. The fraction of sp³-hybridized carbons (Fsp3) is 0.333. The van der Waals surface area contributed by atoms with Crippen LogP contribution in [-0.4, -0.2) is 22.3 Å². The molecule has 1 aromatic heterocycles. The van der Waals surface area contributed by atoms with Gasteiger partial charge in [0.15, 0.2) is 0 Å². The minimum absolute atomic E-state index is 0.413. The van der Waals surface area contributed by atoms with Gasteiger partial charge in [0, 0.05) is 29.7 Å². The topological polar surface area (TPSA) is 37.2 Å². The molecule has 3 nitrogen and oxygen atoms in total. The lowest BCUT2D eigenvalue weighted by Crippen LogP contribution is -2.30. The van der Waals surface area contributed by atoms with Crippen molar-refractivity contribution in [2.75, 3.05) is 6.54 Å². The molecule has 0 saturated heterocycles. The number of aromatic nitrogens is 1. The van der Waals surface area contributed by atoms with E-state index in [1.54, 1.807) is 0 Å². The number of benzene rings is 2. The molecule has 2 N–H and O–H groups in total. The highest BCUT2D eigenvalue weighted by atomic mass is 16.3. The van der Waals surface area contributed by atoms with E-state index in [-0.39, 0.29) is 0 Å². The van der Waals surface area contributed by atoms with Crippen LogP contribution in [0.4, 0.5) is 0 Å². The third-order valence-corrected chi connectivity index (χ3v) is 4.74. The van der Waals surface area contributed by atoms with Gasteiger partial charge in [0.25, 0.3) is 0 Å². The van der Waals surface area contributed by atoms with Crippen LogP contribution in [-0.2, 0) is 13.1 Å². The van der Waals surface area contributed by atoms with Gasteiger partial charge in [0.2, 0.25) is 0 Å². The van der Waals surface area contributed by atoms with Crippen molar-refractivity contribution in [3.05, 3.63) is 70.9 Å². The Hall–Kier alpha value is -2.10. The Morgan fingerprint density at radius 2 is 1.79 bits per heavy atom. The summed E-state index contributed by atoms with van der Waals surface area (Å²) in [6.07, 6.45) is -0.413. The molecule has 0 aliphatic heterocycles. The van der Waals surface area contributed by atoms with E-state index < -0.39 is 6.10 Å². The maximum atomic E-state index is 10.4. The van der Waals surface area contributed by atoms with E-state index in [1.807, 2.05) is 18.2 Å². The highest BCUT2D eigenvalue weighted by Crippen LogP contribution is 2.26. The smallest absolute Gasteiger partial charge is 0.0843 e. The molecule has 1 heterocycles. The van der Waals surface area contributed by atoms with Gasteiger partial charge >= 0.3 is 0 Å². The maximum Gasteiger partial charge on any atom is 0.0843 e. The SMILES string of the molecule is Cc1ccc2c(c1)c(C)c(C)n2CC(O)CNCc1ccccc1. The van der Waals surface area contributed by atoms with Gasteiger partial charge in [-0.25, -0.2) is 0 Å². The van der Waals surface area contributed by atoms with Gasteiger partial charge in [-0.1, -0.05) is 42.0 Å². The van der Waals surface area contributed by atoms with E-state index in [0.29, 0.717) is 13.1 Å². The van der Waals surface area contributed by atoms with Crippen molar-refractivity contribution in [3.8, 4) is 0 Å². The number of aliphatic hydroxyl groups is 1. The Bertz CT molecular complexity index is 821. The molecule has 0 bridgehead atoms. The predicted octanol–water partition coefficient (Wildman–Crippen LogP) is 3.72. The van der Waals surface area contributed by atoms with Crippen LogP contribution in [0.15, 0.2) is 48.5 Å². The number of fused-ring (bicyclic) bond motifs is 1. The molecule has 3 rings (SSSR count). The summed E-state index contributed by atoms with van der Waals surface area (Å²) in [5.41, 5.74) is 6.25. The zero-order chi connectivity index (χ0) is 17.1. The van der Waals surface area contributed by atoms with Crippen molar-refractivity contribution in [2.24, 2.45) is 0 Å². The molecule has 126 valence electrons. The lowest BCUT2D eigenvalue weighted by atomic mass is 10.1. The zero-order valence-electron chi connectivity index (χ0n) is 14.7. The Labute approximate surface area is 143 Å². The molecule has 3 heteroatoms. The summed E-state index contributed by atoms with van der Waals surface area (Å²) in [5, 5.41) is 15.1. The average Bonchev–Trinajstić information content (AvgIpc) is 2.80. The zero-order valence-corrected chi connectivity index (χ0v) is 14.7. The summed E-state index contributed by atoms with van der Waals surface area (Å²) in [6, 6.07) is 16.8. The first-order chi connectivity index (χ1) is 11.6. The second kappa shape index (κ2) is 7.20. The second-order valence-electron chi connectivity index (χ2n) is 6.61. The van der Waals surface area contributed by atoms with Crippen LogP contribution in [0.25, 0.3) is 10.9 Å². The molecule has 0 aliphatic rings. The highest BCUT2D eigenvalue weighted by molar-refractivity contribution is 5.85. The van der Waals surface area contributed by atoms with Crippen LogP contribution in [0, 0.1) is 20.8 Å². The summed E-state index contributed by atoms with van der Waals surface area (Å²) >= 11 is 0. The molecule has 24 heavy (non-hydrogen) atoms. The summed E-state index contributed by atoms with van der Waals surface area (Å²) < 4.78 is 2.24. The summed E-state index contributed by atoms with van der Waals surface area (Å²) in [4.78, 5) is 0. The van der Waals surface area contributed by atoms with Crippen molar-refractivity contribution in [1.29, 1.82) is 0 Å². The van der Waals surface area contributed by atoms with Gasteiger partial charge in [0.05, 0.1) is 12.6 Å². The largest absolute Gasteiger partial charge is 0.390 e. The Balaban J connectivity index is 1.67. The monoisotopic (exact) mass is 322 g/mol. The summed E-state index contributed by atoms with van der Waals surface area (Å²) in [6.45, 7) is 8.39. The van der Waals surface area contributed by atoms with Gasteiger partial charge in [-0.3, -0.25) is 0 Å². The fourth-order valence-electron chi connectivity index (χ4n) is 3.25. The van der Waals surface area contributed by atoms with Crippen molar-refractivity contribution in [1.82, 2.24) is 9.88 Å². The predicted molar refractivity (Wildman–Crippen MR) is 100 cm³/mol. The molecule has 0 amide bonds. The van der Waals surface area contributed by atoms with E-state index in [1.165, 1.54) is 33.3 Å². The first-order valence-corrected chi connectivity index (χ1v) is 8.55. The number of hydrogen-bond acceptors (Lipinski definition) is 2. The van der Waals surface area contributed by atoms with E-state index >= 15 is 0 Å². The van der Waals surface area contributed by atoms with Crippen LogP contribution < -0.4 is 5.32 Å². The van der Waals surface area contributed by atoms with Crippen LogP contribution in [0.5, 0.6) is 0 Å². The highest BCUT2D eigenvalue weighted by Gasteiger charge is 2.14. The van der Waals surface area contributed by atoms with Crippen LogP contribution in [0.3, 0.4) is 0 Å². The van der Waals surface area contributed by atoms with Crippen LogP contribution >= 0.6 is 0 Å². The summed E-state index contributed by atoms with van der Waals surface area (Å²) in [5.74, 6) is 0. The molecular weight excluding hydrogens is 296 g/mol. The first-order valence-electron chi connectivity index (χ1n) is 8.55. The minimum atomic E-state index is -0.413. The molecule has 3 aromatic rings. The van der Waals surface area contributed by atoms with E-state index in [0.717, 1.165) is 6.54 Å². The molecule has 0 fully saturated rings. The Kier molecular flexibility index (Phi) is 5.03. The van der Waals surface area contributed by atoms with Crippen LogP contribution in [0.2, 0.25) is 0 Å². The average molecular weight is 322 g/mol. The van der Waals surface area contributed by atoms with Crippen molar-refractivity contribution < 1.29 is 5.11 Å². The second-order valence-corrected chi connectivity index (χ2v) is 6.61. The number of nitrogens with zero attached hydrogens (tertiary/aromatic N) is 1. The van der Waals surface area contributed by atoms with Gasteiger partial charge in [0.1, 0.15) is 0 Å². The quantitative estimate of drug-likeness (QED) is 0.726. The van der Waals surface area contributed by atoms with Gasteiger partial charge < -0.3 is 15.0 Å². The third-order valence-electron chi connectivity index (χ3n) is 4.74. The number of aliphatic hydroxyl groups excluding tert-OH is 1. The fourth-order valence-corrected chi connectivity index (χ4v) is 3.25. The van der Waals surface area contributed by atoms with Crippen molar-refractivity contribution >= 4 is 10.9 Å². The summed E-state index contributed by atoms with van der Waals surface area (Å²) in [7, 11) is 0. The number of hydrogen-bond donors (Lipinski definition) is 2. The van der Waals surface area contributed by atoms with E-state index in [4.69, 9.17) is 0 Å². The Morgan fingerprint density at radius 1 is 1.04 bits per heavy atom. The van der Waals surface area contributed by atoms with Crippen molar-refractivity contribution in [3.63, 3.8) is 0 Å². The molecule has 2 aromatic carbocycles. The molecule has 1 unspecified atom stereocenters. The maximum absolute atomic E-state index is 10.4. The first kappa shape index (κ1) is 16.7. The molecule has 0 spiro atoms. The van der Waals surface area contributed by atoms with Gasteiger partial charge in [-0.05, 0) is 44.0 Å². The van der Waals surface area contributed by atoms with E-state index in [2.05, 4.69) is 61.0 Å². The number of rotatable bonds is 6. The molecule has 1 atom stereocenters. The molecule has 0 saturated carbocycles. The lowest BCUT2D eigenvalue weighted by Gasteiger charge is -2.15. The third kappa shape index (κ3) is 3.53. The molecule has 0 aliphatic carbocycles. The number of nitrogens with one attached hydrogen (secondary N) is 1. The number of aryl methyl sites for hydroxylation is 2. The normalized spacial score (nSPS) is 12.7. The molecular formula is C21H26N2O. The van der Waals surface area contributed by atoms with Crippen LogP contribution in [0.1, 0.15) is 22.4 Å². The Morgan fingerprint density at radius 3 is 2.54 bits per heavy atom.